The maximum atomic E-state index is 12.4. The predicted molar refractivity (Wildman–Crippen MR) is 96.9 cm³/mol. The van der Waals surface area contributed by atoms with Gasteiger partial charge in [-0.15, -0.1) is 0 Å². The number of carbonyl (C=O) groups excluding carboxylic acids is 2. The first-order chi connectivity index (χ1) is 12.2. The lowest BCUT2D eigenvalue weighted by Gasteiger charge is -2.18. The third-order valence-electron chi connectivity index (χ3n) is 4.66. The van der Waals surface area contributed by atoms with Gasteiger partial charge >= 0.3 is 0 Å². The molecule has 0 saturated carbocycles. The zero-order valence-corrected chi connectivity index (χ0v) is 13.7. The second kappa shape index (κ2) is 6.40. The fraction of sp³-hybridized carbons (Fsp3) is 0.143. The molecule has 0 aromatic heterocycles. The number of fused-ring (bicyclic) bond motifs is 1. The van der Waals surface area contributed by atoms with Crippen LogP contribution in [0.2, 0.25) is 0 Å². The van der Waals surface area contributed by atoms with Crippen LogP contribution in [0.3, 0.4) is 0 Å². The molecule has 1 atom stereocenters. The number of nitrogens with zero attached hydrogens (tertiary/aromatic N) is 1. The third-order valence-corrected chi connectivity index (χ3v) is 4.66. The lowest BCUT2D eigenvalue weighted by atomic mass is 9.93. The normalized spacial score (nSPS) is 17.0. The molecule has 1 N–H and O–H groups in total. The molecule has 4 rings (SSSR count). The SMILES string of the molecule is O=C(NN1CC(c2cccc3ccccc23)CC1=O)c1ccccc1. The minimum Gasteiger partial charge on any atom is -0.273 e. The standard InChI is InChI=1S/C21H18N2O2/c24-20-13-17(19-12-6-10-15-7-4-5-11-18(15)19)14-23(20)22-21(25)16-8-2-1-3-9-16/h1-12,17H,13-14H2,(H,22,25). The highest BCUT2D eigenvalue weighted by atomic mass is 16.2. The quantitative estimate of drug-likeness (QED) is 0.799. The van der Waals surface area contributed by atoms with Gasteiger partial charge in [0.05, 0.1) is 0 Å². The van der Waals surface area contributed by atoms with Crippen LogP contribution in [0.1, 0.15) is 28.3 Å². The molecule has 2 amide bonds. The Bertz CT molecular complexity index is 932. The van der Waals surface area contributed by atoms with E-state index >= 15 is 0 Å². The van der Waals surface area contributed by atoms with Gasteiger partial charge in [-0.2, -0.15) is 0 Å². The smallest absolute Gasteiger partial charge is 0.269 e. The van der Waals surface area contributed by atoms with Crippen LogP contribution in [-0.2, 0) is 4.79 Å². The highest BCUT2D eigenvalue weighted by molar-refractivity contribution is 5.96. The zero-order valence-electron chi connectivity index (χ0n) is 13.7. The number of hydrogen-bond acceptors (Lipinski definition) is 2. The van der Waals surface area contributed by atoms with Crippen molar-refractivity contribution in [2.45, 2.75) is 12.3 Å². The highest BCUT2D eigenvalue weighted by Crippen LogP contribution is 2.32. The average Bonchev–Trinajstić information content (AvgIpc) is 3.02. The van der Waals surface area contributed by atoms with Crippen molar-refractivity contribution in [3.8, 4) is 0 Å². The highest BCUT2D eigenvalue weighted by Gasteiger charge is 2.32. The summed E-state index contributed by atoms with van der Waals surface area (Å²) in [5.41, 5.74) is 4.44. The second-order valence-electron chi connectivity index (χ2n) is 6.28. The number of carbonyl (C=O) groups is 2. The van der Waals surface area contributed by atoms with Gasteiger partial charge in [0.15, 0.2) is 0 Å². The molecular formula is C21H18N2O2. The van der Waals surface area contributed by atoms with Crippen molar-refractivity contribution in [2.24, 2.45) is 0 Å². The number of hydrazine groups is 1. The van der Waals surface area contributed by atoms with Crippen molar-refractivity contribution in [1.82, 2.24) is 10.4 Å². The third kappa shape index (κ3) is 2.98. The summed E-state index contributed by atoms with van der Waals surface area (Å²) in [6.45, 7) is 0.491. The summed E-state index contributed by atoms with van der Waals surface area (Å²) in [5, 5.41) is 3.78. The molecule has 124 valence electrons. The van der Waals surface area contributed by atoms with Crippen molar-refractivity contribution in [3.63, 3.8) is 0 Å². The Balaban J connectivity index is 1.55. The number of benzene rings is 3. The van der Waals surface area contributed by atoms with Gasteiger partial charge in [0, 0.05) is 24.4 Å². The molecular weight excluding hydrogens is 312 g/mol. The van der Waals surface area contributed by atoms with Gasteiger partial charge in [-0.25, -0.2) is 0 Å². The molecule has 1 fully saturated rings. The Morgan fingerprint density at radius 2 is 1.64 bits per heavy atom. The molecule has 0 spiro atoms. The Kier molecular flexibility index (Phi) is 3.94. The van der Waals surface area contributed by atoms with Crippen LogP contribution in [0.4, 0.5) is 0 Å². The molecule has 0 bridgehead atoms. The minimum atomic E-state index is -0.257. The first-order valence-electron chi connectivity index (χ1n) is 8.36. The van der Waals surface area contributed by atoms with Crippen LogP contribution in [0.15, 0.2) is 72.8 Å². The molecule has 3 aromatic carbocycles. The molecule has 1 aliphatic heterocycles. The molecule has 1 saturated heterocycles. The maximum absolute atomic E-state index is 12.4. The van der Waals surface area contributed by atoms with Crippen LogP contribution in [-0.4, -0.2) is 23.4 Å². The van der Waals surface area contributed by atoms with Crippen molar-refractivity contribution in [3.05, 3.63) is 83.9 Å². The molecule has 4 heteroatoms. The van der Waals surface area contributed by atoms with Gasteiger partial charge in [0.2, 0.25) is 5.91 Å². The first-order valence-corrected chi connectivity index (χ1v) is 8.36. The topological polar surface area (TPSA) is 49.4 Å². The summed E-state index contributed by atoms with van der Waals surface area (Å²) in [4.78, 5) is 24.7. The molecule has 1 heterocycles. The van der Waals surface area contributed by atoms with Gasteiger partial charge < -0.3 is 0 Å². The van der Waals surface area contributed by atoms with Crippen molar-refractivity contribution in [2.75, 3.05) is 6.54 Å². The monoisotopic (exact) mass is 330 g/mol. The fourth-order valence-electron chi connectivity index (χ4n) is 3.41. The number of amides is 2. The first kappa shape index (κ1) is 15.4. The van der Waals surface area contributed by atoms with Crippen LogP contribution >= 0.6 is 0 Å². The summed E-state index contributed by atoms with van der Waals surface area (Å²) >= 11 is 0. The maximum Gasteiger partial charge on any atom is 0.269 e. The van der Waals surface area contributed by atoms with Gasteiger partial charge in [0.1, 0.15) is 0 Å². The summed E-state index contributed by atoms with van der Waals surface area (Å²) in [7, 11) is 0. The van der Waals surface area contributed by atoms with Gasteiger partial charge in [-0.3, -0.25) is 20.0 Å². The molecule has 0 aliphatic carbocycles. The second-order valence-corrected chi connectivity index (χ2v) is 6.28. The van der Waals surface area contributed by atoms with Crippen molar-refractivity contribution < 1.29 is 9.59 Å². The van der Waals surface area contributed by atoms with Crippen molar-refractivity contribution in [1.29, 1.82) is 0 Å². The van der Waals surface area contributed by atoms with E-state index in [1.807, 2.05) is 24.3 Å². The molecule has 3 aromatic rings. The average molecular weight is 330 g/mol. The van der Waals surface area contributed by atoms with Crippen LogP contribution in [0, 0.1) is 0 Å². The summed E-state index contributed by atoms with van der Waals surface area (Å²) in [6, 6.07) is 23.3. The summed E-state index contributed by atoms with van der Waals surface area (Å²) < 4.78 is 0. The van der Waals surface area contributed by atoms with Gasteiger partial charge in [0.25, 0.3) is 5.91 Å². The van der Waals surface area contributed by atoms with Crippen LogP contribution in [0.25, 0.3) is 10.8 Å². The van der Waals surface area contributed by atoms with Crippen LogP contribution in [0.5, 0.6) is 0 Å². The largest absolute Gasteiger partial charge is 0.273 e. The van der Waals surface area contributed by atoms with Gasteiger partial charge in [-0.05, 0) is 28.5 Å². The summed E-state index contributed by atoms with van der Waals surface area (Å²) in [6.07, 6.45) is 0.406. The molecule has 25 heavy (non-hydrogen) atoms. The lowest BCUT2D eigenvalue weighted by Crippen LogP contribution is -2.43. The van der Waals surface area contributed by atoms with E-state index < -0.39 is 0 Å². The fourth-order valence-corrected chi connectivity index (χ4v) is 3.41. The predicted octanol–water partition coefficient (Wildman–Crippen LogP) is 3.50. The Morgan fingerprint density at radius 1 is 0.920 bits per heavy atom. The van der Waals surface area contributed by atoms with E-state index in [0.717, 1.165) is 5.56 Å². The molecule has 0 radical (unpaired) electrons. The number of hydrogen-bond donors (Lipinski definition) is 1. The van der Waals surface area contributed by atoms with E-state index in [0.29, 0.717) is 18.5 Å². The van der Waals surface area contributed by atoms with E-state index in [-0.39, 0.29) is 17.7 Å². The lowest BCUT2D eigenvalue weighted by molar-refractivity contribution is -0.129. The zero-order chi connectivity index (χ0) is 17.2. The Labute approximate surface area is 146 Å². The van der Waals surface area contributed by atoms with Crippen LogP contribution < -0.4 is 5.43 Å². The van der Waals surface area contributed by atoms with E-state index in [9.17, 15) is 9.59 Å². The summed E-state index contributed by atoms with van der Waals surface area (Å²) in [5.74, 6) is -0.232. The van der Waals surface area contributed by atoms with E-state index in [1.54, 1.807) is 24.3 Å². The molecule has 1 aliphatic rings. The molecule has 1 unspecified atom stereocenters. The van der Waals surface area contributed by atoms with Gasteiger partial charge in [-0.1, -0.05) is 60.7 Å². The van der Waals surface area contributed by atoms with E-state index in [4.69, 9.17) is 0 Å². The number of nitrogens with one attached hydrogen (secondary N) is 1. The molecule has 4 nitrogen and oxygen atoms in total. The minimum absolute atomic E-state index is 0.0535. The Morgan fingerprint density at radius 3 is 2.48 bits per heavy atom. The Hall–Kier alpha value is -3.14. The number of rotatable bonds is 3. The van der Waals surface area contributed by atoms with E-state index in [1.165, 1.54) is 15.8 Å². The van der Waals surface area contributed by atoms with Crippen molar-refractivity contribution >= 4 is 22.6 Å². The van der Waals surface area contributed by atoms with E-state index in [2.05, 4.69) is 29.7 Å².